The fourth-order valence-electron chi connectivity index (χ4n) is 5.73. The number of carbonyl (C=O) groups is 2. The van der Waals surface area contributed by atoms with E-state index < -0.39 is 5.54 Å². The van der Waals surface area contributed by atoms with Crippen LogP contribution in [0.5, 0.6) is 0 Å². The Labute approximate surface area is 175 Å². The van der Waals surface area contributed by atoms with Gasteiger partial charge in [0, 0.05) is 24.1 Å². The first kappa shape index (κ1) is 20.4. The summed E-state index contributed by atoms with van der Waals surface area (Å²) in [6.07, 6.45) is 14.5. The van der Waals surface area contributed by atoms with Gasteiger partial charge in [0.2, 0.25) is 5.91 Å². The van der Waals surface area contributed by atoms with Crippen molar-refractivity contribution in [2.24, 2.45) is 0 Å². The van der Waals surface area contributed by atoms with E-state index in [1.807, 2.05) is 36.1 Å². The second-order valence-corrected chi connectivity index (χ2v) is 9.59. The highest BCUT2D eigenvalue weighted by Gasteiger charge is 2.49. The topological polar surface area (TPSA) is 49.4 Å². The van der Waals surface area contributed by atoms with Crippen molar-refractivity contribution in [2.45, 2.75) is 108 Å². The molecule has 2 amide bonds. The van der Waals surface area contributed by atoms with E-state index in [1.165, 1.54) is 38.5 Å². The fourth-order valence-corrected chi connectivity index (χ4v) is 5.73. The highest BCUT2D eigenvalue weighted by atomic mass is 16.2. The number of hydrogen-bond acceptors (Lipinski definition) is 2. The summed E-state index contributed by atoms with van der Waals surface area (Å²) in [4.78, 5) is 29.3. The van der Waals surface area contributed by atoms with E-state index >= 15 is 0 Å². The van der Waals surface area contributed by atoms with Crippen LogP contribution in [0, 0.1) is 0 Å². The Hall–Kier alpha value is -1.84. The van der Waals surface area contributed by atoms with Gasteiger partial charge < -0.3 is 10.2 Å². The van der Waals surface area contributed by atoms with Crippen molar-refractivity contribution in [2.75, 3.05) is 0 Å². The fraction of sp³-hybridized carbons (Fsp3) is 0.680. The summed E-state index contributed by atoms with van der Waals surface area (Å²) in [6, 6.07) is 8.31. The van der Waals surface area contributed by atoms with Gasteiger partial charge in [-0.1, -0.05) is 69.6 Å². The molecule has 0 aromatic heterocycles. The van der Waals surface area contributed by atoms with E-state index in [2.05, 4.69) is 5.32 Å². The molecule has 2 fully saturated rings. The van der Waals surface area contributed by atoms with E-state index in [4.69, 9.17) is 0 Å². The Balaban J connectivity index is 1.64. The lowest BCUT2D eigenvalue weighted by Crippen LogP contribution is -2.66. The first-order valence-corrected chi connectivity index (χ1v) is 11.8. The average molecular weight is 397 g/mol. The molecule has 1 atom stereocenters. The van der Waals surface area contributed by atoms with E-state index in [1.54, 1.807) is 0 Å². The maximum atomic E-state index is 13.7. The lowest BCUT2D eigenvalue weighted by molar-refractivity contribution is -0.134. The molecule has 4 rings (SSSR count). The third-order valence-electron chi connectivity index (χ3n) is 7.40. The van der Waals surface area contributed by atoms with E-state index in [0.29, 0.717) is 6.42 Å². The maximum Gasteiger partial charge on any atom is 0.255 e. The van der Waals surface area contributed by atoms with Crippen molar-refractivity contribution in [3.63, 3.8) is 0 Å². The molecule has 1 heterocycles. The van der Waals surface area contributed by atoms with Crippen LogP contribution >= 0.6 is 0 Å². The normalized spacial score (nSPS) is 27.1. The number of benzene rings is 1. The Morgan fingerprint density at radius 3 is 2.17 bits per heavy atom. The summed E-state index contributed by atoms with van der Waals surface area (Å²) in [5.41, 5.74) is 1.00. The standard InChI is InChI=1S/C25H36N2O2/c1-25(24(29)26-20-13-6-2-3-7-14-20)18-19-12-10-11-17-22(19)23(28)27(25)21-15-8-4-5-9-16-21/h10-12,17,20-21H,2-9,13-16,18H2,1H3,(H,26,29)/t25-/m0/s1. The zero-order valence-corrected chi connectivity index (χ0v) is 17.9. The van der Waals surface area contributed by atoms with Crippen LogP contribution in [-0.2, 0) is 11.2 Å². The van der Waals surface area contributed by atoms with Crippen LogP contribution in [0.25, 0.3) is 0 Å². The molecule has 0 saturated heterocycles. The molecular formula is C25H36N2O2. The van der Waals surface area contributed by atoms with Crippen molar-refractivity contribution in [3.8, 4) is 0 Å². The summed E-state index contributed by atoms with van der Waals surface area (Å²) in [5, 5.41) is 3.37. The van der Waals surface area contributed by atoms with Crippen molar-refractivity contribution in [1.29, 1.82) is 0 Å². The molecule has 3 aliphatic rings. The van der Waals surface area contributed by atoms with E-state index in [-0.39, 0.29) is 23.9 Å². The second kappa shape index (κ2) is 8.89. The van der Waals surface area contributed by atoms with E-state index in [9.17, 15) is 9.59 Å². The minimum Gasteiger partial charge on any atom is -0.351 e. The molecule has 0 spiro atoms. The van der Waals surface area contributed by atoms with Gasteiger partial charge in [0.25, 0.3) is 5.91 Å². The molecule has 4 heteroatoms. The number of nitrogens with zero attached hydrogens (tertiary/aromatic N) is 1. The summed E-state index contributed by atoms with van der Waals surface area (Å²) >= 11 is 0. The number of rotatable bonds is 3. The first-order valence-electron chi connectivity index (χ1n) is 11.8. The van der Waals surface area contributed by atoms with Gasteiger partial charge in [0.05, 0.1) is 0 Å². The van der Waals surface area contributed by atoms with Gasteiger partial charge in [-0.05, 0) is 44.2 Å². The number of nitrogens with one attached hydrogen (secondary N) is 1. The third-order valence-corrected chi connectivity index (χ3v) is 7.40. The minimum absolute atomic E-state index is 0.0523. The molecule has 1 N–H and O–H groups in total. The quantitative estimate of drug-likeness (QED) is 0.731. The lowest BCUT2D eigenvalue weighted by Gasteiger charge is -2.48. The lowest BCUT2D eigenvalue weighted by atomic mass is 9.80. The molecule has 0 bridgehead atoms. The van der Waals surface area contributed by atoms with Gasteiger partial charge in [-0.15, -0.1) is 0 Å². The smallest absolute Gasteiger partial charge is 0.255 e. The van der Waals surface area contributed by atoms with E-state index in [0.717, 1.165) is 49.7 Å². The Bertz CT molecular complexity index is 730. The zero-order chi connectivity index (χ0) is 20.3. The zero-order valence-electron chi connectivity index (χ0n) is 17.9. The molecule has 4 nitrogen and oxygen atoms in total. The third kappa shape index (κ3) is 4.22. The van der Waals surface area contributed by atoms with Crippen molar-refractivity contribution < 1.29 is 9.59 Å². The molecule has 2 saturated carbocycles. The number of hydrogen-bond donors (Lipinski definition) is 1. The molecule has 0 unspecified atom stereocenters. The Kier molecular flexibility index (Phi) is 6.26. The van der Waals surface area contributed by atoms with Gasteiger partial charge in [0.1, 0.15) is 5.54 Å². The largest absolute Gasteiger partial charge is 0.351 e. The molecule has 29 heavy (non-hydrogen) atoms. The van der Waals surface area contributed by atoms with Crippen LogP contribution < -0.4 is 5.32 Å². The predicted molar refractivity (Wildman–Crippen MR) is 116 cm³/mol. The van der Waals surface area contributed by atoms with Crippen LogP contribution in [0.4, 0.5) is 0 Å². The summed E-state index contributed by atoms with van der Waals surface area (Å²) in [7, 11) is 0. The van der Waals surface area contributed by atoms with Gasteiger partial charge in [-0.2, -0.15) is 0 Å². The molecule has 1 aliphatic heterocycles. The van der Waals surface area contributed by atoms with Gasteiger partial charge >= 0.3 is 0 Å². The van der Waals surface area contributed by atoms with Gasteiger partial charge in [0.15, 0.2) is 0 Å². The first-order chi connectivity index (χ1) is 14.1. The monoisotopic (exact) mass is 396 g/mol. The van der Waals surface area contributed by atoms with Crippen molar-refractivity contribution in [3.05, 3.63) is 35.4 Å². The molecule has 2 aliphatic carbocycles. The molecule has 1 aromatic carbocycles. The summed E-state index contributed by atoms with van der Waals surface area (Å²) < 4.78 is 0. The summed E-state index contributed by atoms with van der Waals surface area (Å²) in [6.45, 7) is 2.01. The predicted octanol–water partition coefficient (Wildman–Crippen LogP) is 5.01. The highest BCUT2D eigenvalue weighted by Crippen LogP contribution is 2.37. The van der Waals surface area contributed by atoms with Gasteiger partial charge in [-0.25, -0.2) is 0 Å². The Morgan fingerprint density at radius 2 is 1.52 bits per heavy atom. The van der Waals surface area contributed by atoms with Crippen LogP contribution in [0.1, 0.15) is 99.9 Å². The van der Waals surface area contributed by atoms with Crippen LogP contribution in [0.15, 0.2) is 24.3 Å². The highest BCUT2D eigenvalue weighted by molar-refractivity contribution is 6.02. The number of amides is 2. The average Bonchev–Trinajstić information content (AvgIpc) is 3.13. The number of fused-ring (bicyclic) bond motifs is 1. The minimum atomic E-state index is -0.799. The Morgan fingerprint density at radius 1 is 0.931 bits per heavy atom. The SMILES string of the molecule is C[C@@]1(C(=O)NC2CCCCCC2)Cc2ccccc2C(=O)N1C1CCCCCC1. The molecule has 0 radical (unpaired) electrons. The molecule has 158 valence electrons. The van der Waals surface area contributed by atoms with Crippen LogP contribution in [-0.4, -0.2) is 34.3 Å². The van der Waals surface area contributed by atoms with Gasteiger partial charge in [-0.3, -0.25) is 9.59 Å². The maximum absolute atomic E-state index is 13.7. The van der Waals surface area contributed by atoms with Crippen molar-refractivity contribution in [1.82, 2.24) is 10.2 Å². The number of carbonyl (C=O) groups excluding carboxylic acids is 2. The summed E-state index contributed by atoms with van der Waals surface area (Å²) in [5.74, 6) is 0.105. The molecular weight excluding hydrogens is 360 g/mol. The van der Waals surface area contributed by atoms with Crippen LogP contribution in [0.3, 0.4) is 0 Å². The molecule has 1 aromatic rings. The van der Waals surface area contributed by atoms with Crippen molar-refractivity contribution >= 4 is 11.8 Å². The van der Waals surface area contributed by atoms with Crippen LogP contribution in [0.2, 0.25) is 0 Å². The second-order valence-electron chi connectivity index (χ2n) is 9.59.